The second-order valence-electron chi connectivity index (χ2n) is 9.36. The van der Waals surface area contributed by atoms with Gasteiger partial charge in [-0.3, -0.25) is 4.79 Å². The Kier molecular flexibility index (Phi) is 3.48. The predicted molar refractivity (Wildman–Crippen MR) is 86.8 cm³/mol. The third-order valence-corrected chi connectivity index (χ3v) is 6.58. The summed E-state index contributed by atoms with van der Waals surface area (Å²) in [5.74, 6) is -0.967. The van der Waals surface area contributed by atoms with E-state index >= 15 is 0 Å². The van der Waals surface area contributed by atoms with Gasteiger partial charge in [-0.25, -0.2) is 4.79 Å². The topological polar surface area (TPSA) is 63.6 Å². The van der Waals surface area contributed by atoms with Crippen LogP contribution in [-0.4, -0.2) is 24.2 Å². The van der Waals surface area contributed by atoms with E-state index in [0.717, 1.165) is 38.5 Å². The van der Waals surface area contributed by atoms with E-state index in [4.69, 9.17) is 9.84 Å². The van der Waals surface area contributed by atoms with Crippen LogP contribution in [0.4, 0.5) is 0 Å². The van der Waals surface area contributed by atoms with Crippen molar-refractivity contribution in [3.8, 4) is 0 Å². The molecule has 0 heterocycles. The average molecular weight is 320 g/mol. The van der Waals surface area contributed by atoms with Gasteiger partial charge in [0.15, 0.2) is 0 Å². The van der Waals surface area contributed by atoms with Crippen LogP contribution in [0.25, 0.3) is 0 Å². The molecular formula is C19H28O4. The highest BCUT2D eigenvalue weighted by Gasteiger charge is 2.67. The first kappa shape index (κ1) is 16.5. The first-order valence-electron chi connectivity index (χ1n) is 8.55. The van der Waals surface area contributed by atoms with E-state index in [1.807, 2.05) is 0 Å². The van der Waals surface area contributed by atoms with Gasteiger partial charge in [0.2, 0.25) is 0 Å². The van der Waals surface area contributed by atoms with Gasteiger partial charge in [0, 0.05) is 5.57 Å². The SMILES string of the molecule is C=C(CCC12CC3(C)CC(C)(C1)CC(C(=O)OC)(C3)C2)C(=O)O. The third-order valence-electron chi connectivity index (χ3n) is 6.58. The minimum Gasteiger partial charge on any atom is -0.478 e. The number of carbonyl (C=O) groups excluding carboxylic acids is 1. The number of hydrogen-bond acceptors (Lipinski definition) is 3. The Morgan fingerprint density at radius 2 is 1.61 bits per heavy atom. The summed E-state index contributed by atoms with van der Waals surface area (Å²) in [6.07, 6.45) is 7.39. The number of rotatable bonds is 5. The molecule has 0 spiro atoms. The van der Waals surface area contributed by atoms with Crippen molar-refractivity contribution in [1.29, 1.82) is 0 Å². The summed E-state index contributed by atoms with van der Waals surface area (Å²) in [4.78, 5) is 23.7. The number of ether oxygens (including phenoxy) is 1. The molecule has 2 atom stereocenters. The normalized spacial score (nSPS) is 44.1. The van der Waals surface area contributed by atoms with Gasteiger partial charge < -0.3 is 9.84 Å². The molecule has 4 saturated carbocycles. The van der Waals surface area contributed by atoms with E-state index in [0.29, 0.717) is 6.42 Å². The molecule has 4 aliphatic rings. The van der Waals surface area contributed by atoms with E-state index in [1.54, 1.807) is 0 Å². The monoisotopic (exact) mass is 320 g/mol. The molecule has 1 N–H and O–H groups in total. The third kappa shape index (κ3) is 2.60. The molecule has 0 amide bonds. The molecule has 128 valence electrons. The Balaban J connectivity index is 1.91. The number of carboxylic acids is 1. The molecule has 0 aliphatic heterocycles. The van der Waals surface area contributed by atoms with Crippen molar-refractivity contribution >= 4 is 11.9 Å². The van der Waals surface area contributed by atoms with Crippen molar-refractivity contribution in [3.63, 3.8) is 0 Å². The summed E-state index contributed by atoms with van der Waals surface area (Å²) < 4.78 is 5.18. The van der Waals surface area contributed by atoms with Crippen LogP contribution in [0.2, 0.25) is 0 Å². The molecular weight excluding hydrogens is 292 g/mol. The van der Waals surface area contributed by atoms with Crippen LogP contribution in [0.15, 0.2) is 12.2 Å². The summed E-state index contributed by atoms with van der Waals surface area (Å²) in [6.45, 7) is 8.30. The lowest BCUT2D eigenvalue weighted by Crippen LogP contribution is -2.62. The van der Waals surface area contributed by atoms with Crippen molar-refractivity contribution < 1.29 is 19.4 Å². The van der Waals surface area contributed by atoms with Gasteiger partial charge >= 0.3 is 11.9 Å². The van der Waals surface area contributed by atoms with Gasteiger partial charge in [-0.2, -0.15) is 0 Å². The van der Waals surface area contributed by atoms with E-state index in [2.05, 4.69) is 20.4 Å². The number of carboxylic acid groups (broad SMARTS) is 1. The Hall–Kier alpha value is -1.32. The van der Waals surface area contributed by atoms with Crippen LogP contribution < -0.4 is 0 Å². The molecule has 0 aromatic carbocycles. The lowest BCUT2D eigenvalue weighted by atomic mass is 9.35. The molecule has 23 heavy (non-hydrogen) atoms. The Labute approximate surface area is 138 Å². The first-order valence-corrected chi connectivity index (χ1v) is 8.55. The smallest absolute Gasteiger partial charge is 0.330 e. The maximum atomic E-state index is 12.6. The van der Waals surface area contributed by atoms with Gasteiger partial charge in [0.05, 0.1) is 12.5 Å². The second-order valence-corrected chi connectivity index (χ2v) is 9.36. The second kappa shape index (κ2) is 4.84. The largest absolute Gasteiger partial charge is 0.478 e. The van der Waals surface area contributed by atoms with Gasteiger partial charge in [0.25, 0.3) is 0 Å². The standard InChI is InChI=1S/C19H28O4/c1-13(14(20)21)5-6-18-8-16(2)7-17(3,9-18)11-19(10-16,12-18)15(22)23-4/h1,5-12H2,2-4H3,(H,20,21). The highest BCUT2D eigenvalue weighted by Crippen LogP contribution is 2.74. The van der Waals surface area contributed by atoms with Crippen molar-refractivity contribution in [3.05, 3.63) is 12.2 Å². The van der Waals surface area contributed by atoms with Crippen LogP contribution in [0.5, 0.6) is 0 Å². The quantitative estimate of drug-likeness (QED) is 0.615. The molecule has 0 aromatic heterocycles. The minimum atomic E-state index is -0.908. The molecule has 0 aromatic rings. The van der Waals surface area contributed by atoms with Crippen molar-refractivity contribution in [1.82, 2.24) is 0 Å². The molecule has 4 rings (SSSR count). The number of hydrogen-bond donors (Lipinski definition) is 1. The zero-order valence-electron chi connectivity index (χ0n) is 14.5. The number of carbonyl (C=O) groups is 2. The van der Waals surface area contributed by atoms with Crippen LogP contribution in [0.3, 0.4) is 0 Å². The highest BCUT2D eigenvalue weighted by atomic mass is 16.5. The summed E-state index contributed by atoms with van der Waals surface area (Å²) in [5, 5.41) is 9.10. The molecule has 2 unspecified atom stereocenters. The zero-order valence-corrected chi connectivity index (χ0v) is 14.5. The van der Waals surface area contributed by atoms with Crippen LogP contribution in [0.1, 0.15) is 65.2 Å². The fourth-order valence-corrected chi connectivity index (χ4v) is 7.16. The number of esters is 1. The van der Waals surface area contributed by atoms with Crippen molar-refractivity contribution in [2.24, 2.45) is 21.7 Å². The summed E-state index contributed by atoms with van der Waals surface area (Å²) >= 11 is 0. The van der Waals surface area contributed by atoms with Crippen molar-refractivity contribution in [2.45, 2.75) is 65.2 Å². The summed E-state index contributed by atoms with van der Waals surface area (Å²) in [5.41, 5.74) is 0.315. The Bertz CT molecular complexity index is 558. The van der Waals surface area contributed by atoms with Gasteiger partial charge in [-0.15, -0.1) is 0 Å². The molecule has 0 radical (unpaired) electrons. The lowest BCUT2D eigenvalue weighted by molar-refractivity contribution is -0.211. The van der Waals surface area contributed by atoms with Crippen LogP contribution in [0, 0.1) is 21.7 Å². The first-order chi connectivity index (χ1) is 10.6. The molecule has 4 bridgehead atoms. The molecule has 4 aliphatic carbocycles. The summed E-state index contributed by atoms with van der Waals surface area (Å²) in [6, 6.07) is 0. The maximum Gasteiger partial charge on any atom is 0.330 e. The average Bonchev–Trinajstić information content (AvgIpc) is 2.39. The summed E-state index contributed by atoms with van der Waals surface area (Å²) in [7, 11) is 1.49. The number of methoxy groups -OCH3 is 1. The van der Waals surface area contributed by atoms with Gasteiger partial charge in [-0.05, 0) is 67.6 Å². The van der Waals surface area contributed by atoms with Gasteiger partial charge in [-0.1, -0.05) is 20.4 Å². The molecule has 4 nitrogen and oxygen atoms in total. The predicted octanol–water partition coefficient (Wildman–Crippen LogP) is 3.95. The fraction of sp³-hybridized carbons (Fsp3) is 0.789. The van der Waals surface area contributed by atoms with E-state index in [9.17, 15) is 9.59 Å². The van der Waals surface area contributed by atoms with E-state index in [1.165, 1.54) is 13.5 Å². The number of aliphatic carboxylic acids is 1. The van der Waals surface area contributed by atoms with E-state index in [-0.39, 0.29) is 33.2 Å². The van der Waals surface area contributed by atoms with E-state index < -0.39 is 5.97 Å². The zero-order chi connectivity index (χ0) is 17.1. The lowest BCUT2D eigenvalue weighted by Gasteiger charge is -2.68. The molecule has 4 heteroatoms. The fourth-order valence-electron chi connectivity index (χ4n) is 7.16. The molecule has 4 fully saturated rings. The van der Waals surface area contributed by atoms with Crippen LogP contribution >= 0.6 is 0 Å². The highest BCUT2D eigenvalue weighted by molar-refractivity contribution is 5.85. The van der Waals surface area contributed by atoms with Crippen molar-refractivity contribution in [2.75, 3.05) is 7.11 Å². The molecule has 0 saturated heterocycles. The minimum absolute atomic E-state index is 0.0597. The van der Waals surface area contributed by atoms with Gasteiger partial charge in [0.1, 0.15) is 0 Å². The Morgan fingerprint density at radius 3 is 2.09 bits per heavy atom. The maximum absolute atomic E-state index is 12.6. The van der Waals surface area contributed by atoms with Crippen LogP contribution in [-0.2, 0) is 14.3 Å². The Morgan fingerprint density at radius 1 is 1.04 bits per heavy atom.